The Bertz CT molecular complexity index is 387. The summed E-state index contributed by atoms with van der Waals surface area (Å²) < 4.78 is 24.6. The Morgan fingerprint density at radius 1 is 1.47 bits per heavy atom. The first-order valence-corrected chi connectivity index (χ1v) is 4.29. The lowest BCUT2D eigenvalue weighted by Crippen LogP contribution is -2.20. The van der Waals surface area contributed by atoms with Gasteiger partial charge in [-0.1, -0.05) is 11.6 Å². The van der Waals surface area contributed by atoms with Crippen LogP contribution in [0.5, 0.6) is 0 Å². The molecule has 1 rings (SSSR count). The largest absolute Gasteiger partial charge is 0.319 e. The Morgan fingerprint density at radius 2 is 2.07 bits per heavy atom. The van der Waals surface area contributed by atoms with Gasteiger partial charge in [-0.2, -0.15) is 0 Å². The predicted octanol–water partition coefficient (Wildman–Crippen LogP) is 2.51. The molecule has 0 fully saturated rings. The molecule has 2 N–H and O–H groups in total. The van der Waals surface area contributed by atoms with Crippen LogP contribution in [-0.4, -0.2) is 11.3 Å². The number of nitrogens with two attached hydrogens (primary N) is 1. The summed E-state index contributed by atoms with van der Waals surface area (Å²) in [5.41, 5.74) is 4.42. The summed E-state index contributed by atoms with van der Waals surface area (Å²) >= 11 is 5.55. The van der Waals surface area contributed by atoms with Crippen LogP contribution in [0.3, 0.4) is 0 Å². The molecule has 82 valence electrons. The van der Waals surface area contributed by atoms with Crippen molar-refractivity contribution in [2.75, 3.05) is 0 Å². The summed E-state index contributed by atoms with van der Waals surface area (Å²) in [7, 11) is 0. The third-order valence-corrected chi connectivity index (χ3v) is 2.05. The number of hydrogen-bond donors (Lipinski definition) is 1. The summed E-state index contributed by atoms with van der Waals surface area (Å²) in [5, 5.41) is 10.7. The molecule has 0 aliphatic carbocycles. The van der Waals surface area contributed by atoms with Gasteiger partial charge in [0.2, 0.25) is 0 Å². The predicted molar refractivity (Wildman–Crippen MR) is 51.0 cm³/mol. The number of nitro benzene ring substituents is 1. The van der Waals surface area contributed by atoms with Gasteiger partial charge in [-0.15, -0.1) is 0 Å². The zero-order chi connectivity index (χ0) is 11.6. The number of benzene rings is 1. The zero-order valence-corrected chi connectivity index (χ0v) is 8.12. The fourth-order valence-corrected chi connectivity index (χ4v) is 1.27. The highest BCUT2D eigenvalue weighted by Crippen LogP contribution is 2.29. The molecule has 0 amide bonds. The van der Waals surface area contributed by atoms with Crippen LogP contribution in [0, 0.1) is 10.1 Å². The number of nitro groups is 1. The number of rotatable bonds is 3. The summed E-state index contributed by atoms with van der Waals surface area (Å²) in [4.78, 5) is 9.75. The van der Waals surface area contributed by atoms with E-state index in [1.165, 1.54) is 6.07 Å². The summed E-state index contributed by atoms with van der Waals surface area (Å²) in [6, 6.07) is 1.68. The molecule has 0 aliphatic rings. The Morgan fingerprint density at radius 3 is 2.53 bits per heavy atom. The van der Waals surface area contributed by atoms with Crippen molar-refractivity contribution in [3.8, 4) is 0 Å². The summed E-state index contributed by atoms with van der Waals surface area (Å²) in [5.74, 6) is 0. The smallest absolute Gasteiger partial charge is 0.274 e. The minimum atomic E-state index is -2.87. The van der Waals surface area contributed by atoms with E-state index in [4.69, 9.17) is 17.3 Å². The highest BCUT2D eigenvalue weighted by molar-refractivity contribution is 6.30. The lowest BCUT2D eigenvalue weighted by Gasteiger charge is -2.11. The van der Waals surface area contributed by atoms with Crippen LogP contribution in [-0.2, 0) is 0 Å². The highest BCUT2D eigenvalue weighted by Gasteiger charge is 2.26. The van der Waals surface area contributed by atoms with E-state index < -0.39 is 23.1 Å². The summed E-state index contributed by atoms with van der Waals surface area (Å²) in [6.07, 6.45) is -2.87. The lowest BCUT2D eigenvalue weighted by molar-refractivity contribution is -0.385. The molecule has 1 aromatic carbocycles. The molecule has 0 unspecified atom stereocenters. The summed E-state index contributed by atoms with van der Waals surface area (Å²) in [6.45, 7) is 0. The van der Waals surface area contributed by atoms with Crippen molar-refractivity contribution in [1.29, 1.82) is 0 Å². The Kier molecular flexibility index (Phi) is 3.54. The maximum absolute atomic E-state index is 12.3. The van der Waals surface area contributed by atoms with Gasteiger partial charge in [0.15, 0.2) is 0 Å². The first-order valence-electron chi connectivity index (χ1n) is 3.91. The molecule has 15 heavy (non-hydrogen) atoms. The average Bonchev–Trinajstić information content (AvgIpc) is 2.15. The quantitative estimate of drug-likeness (QED) is 0.648. The third kappa shape index (κ3) is 2.60. The minimum Gasteiger partial charge on any atom is -0.319 e. The van der Waals surface area contributed by atoms with Crippen LogP contribution in [0.2, 0.25) is 5.02 Å². The Balaban J connectivity index is 3.24. The molecule has 1 aromatic rings. The molecule has 0 spiro atoms. The maximum atomic E-state index is 12.3. The monoisotopic (exact) mass is 236 g/mol. The zero-order valence-electron chi connectivity index (χ0n) is 7.36. The van der Waals surface area contributed by atoms with Gasteiger partial charge in [0, 0.05) is 11.1 Å². The molecule has 0 bridgehead atoms. The van der Waals surface area contributed by atoms with Gasteiger partial charge in [-0.25, -0.2) is 8.78 Å². The first kappa shape index (κ1) is 11.8. The molecule has 0 heterocycles. The van der Waals surface area contributed by atoms with E-state index in [0.717, 1.165) is 12.1 Å². The van der Waals surface area contributed by atoms with Crippen molar-refractivity contribution in [2.24, 2.45) is 5.73 Å². The average molecular weight is 237 g/mol. The van der Waals surface area contributed by atoms with Crippen LogP contribution in [0.25, 0.3) is 0 Å². The maximum Gasteiger partial charge on any atom is 0.274 e. The van der Waals surface area contributed by atoms with Gasteiger partial charge in [-0.3, -0.25) is 10.1 Å². The fraction of sp³-hybridized carbons (Fsp3) is 0.250. The minimum absolute atomic E-state index is 0.131. The van der Waals surface area contributed by atoms with Gasteiger partial charge >= 0.3 is 0 Å². The fourth-order valence-electron chi connectivity index (χ4n) is 1.09. The molecular weight excluding hydrogens is 230 g/mol. The molecule has 4 nitrogen and oxygen atoms in total. The molecule has 7 heteroatoms. The second-order valence-corrected chi connectivity index (χ2v) is 3.26. The van der Waals surface area contributed by atoms with E-state index in [1.807, 2.05) is 0 Å². The number of alkyl halides is 2. The van der Waals surface area contributed by atoms with Crippen molar-refractivity contribution in [3.05, 3.63) is 38.9 Å². The molecule has 0 saturated carbocycles. The third-order valence-electron chi connectivity index (χ3n) is 1.82. The highest BCUT2D eigenvalue weighted by atomic mass is 35.5. The van der Waals surface area contributed by atoms with Crippen LogP contribution >= 0.6 is 11.6 Å². The van der Waals surface area contributed by atoms with Gasteiger partial charge < -0.3 is 5.73 Å². The topological polar surface area (TPSA) is 69.2 Å². The molecule has 0 radical (unpaired) electrons. The van der Waals surface area contributed by atoms with Gasteiger partial charge in [0.05, 0.1) is 16.5 Å². The van der Waals surface area contributed by atoms with Crippen LogP contribution < -0.4 is 5.73 Å². The van der Waals surface area contributed by atoms with E-state index >= 15 is 0 Å². The second kappa shape index (κ2) is 4.50. The second-order valence-electron chi connectivity index (χ2n) is 2.82. The Hall–Kier alpha value is -1.27. The van der Waals surface area contributed by atoms with E-state index in [9.17, 15) is 18.9 Å². The van der Waals surface area contributed by atoms with Crippen molar-refractivity contribution < 1.29 is 13.7 Å². The van der Waals surface area contributed by atoms with E-state index in [1.54, 1.807) is 0 Å². The Labute approximate surface area is 88.8 Å². The van der Waals surface area contributed by atoms with Crippen molar-refractivity contribution >= 4 is 17.3 Å². The van der Waals surface area contributed by atoms with Crippen molar-refractivity contribution in [2.45, 2.75) is 12.5 Å². The standard InChI is InChI=1S/C8H7ClF2N2O2/c9-4-1-2-6(13(14)15)5(3-4)7(12)8(10)11/h1-3,7-8H,12H2/t7-/m1/s1. The van der Waals surface area contributed by atoms with Gasteiger partial charge in [0.25, 0.3) is 12.1 Å². The van der Waals surface area contributed by atoms with Crippen LogP contribution in [0.1, 0.15) is 11.6 Å². The molecule has 0 aliphatic heterocycles. The molecule has 1 atom stereocenters. The normalized spacial score (nSPS) is 12.9. The van der Waals surface area contributed by atoms with E-state index in [0.29, 0.717) is 0 Å². The molecule has 0 aromatic heterocycles. The molecule has 0 saturated heterocycles. The van der Waals surface area contributed by atoms with Crippen molar-refractivity contribution in [3.63, 3.8) is 0 Å². The van der Waals surface area contributed by atoms with Crippen molar-refractivity contribution in [1.82, 2.24) is 0 Å². The van der Waals surface area contributed by atoms with Gasteiger partial charge in [0.1, 0.15) is 0 Å². The molecular formula is C8H7ClF2N2O2. The number of nitrogens with zero attached hydrogens (tertiary/aromatic N) is 1. The number of hydrogen-bond acceptors (Lipinski definition) is 3. The van der Waals surface area contributed by atoms with E-state index in [-0.39, 0.29) is 10.6 Å². The van der Waals surface area contributed by atoms with Gasteiger partial charge in [-0.05, 0) is 12.1 Å². The SMILES string of the molecule is N[C@H](c1cc(Cl)ccc1[N+](=O)[O-])C(F)F. The first-order chi connectivity index (χ1) is 6.93. The number of halogens is 3. The van der Waals surface area contributed by atoms with E-state index in [2.05, 4.69) is 0 Å². The lowest BCUT2D eigenvalue weighted by atomic mass is 10.1. The van der Waals surface area contributed by atoms with Crippen LogP contribution in [0.4, 0.5) is 14.5 Å². The van der Waals surface area contributed by atoms with Crippen LogP contribution in [0.15, 0.2) is 18.2 Å².